The minimum absolute atomic E-state index is 0.0126. The fourth-order valence-corrected chi connectivity index (χ4v) is 3.15. The maximum Gasteiger partial charge on any atom is 0.387 e. The second kappa shape index (κ2) is 6.98. The van der Waals surface area contributed by atoms with Crippen molar-refractivity contribution >= 4 is 11.9 Å². The summed E-state index contributed by atoms with van der Waals surface area (Å²) >= 11 is 0. The van der Waals surface area contributed by atoms with Crippen LogP contribution in [0.3, 0.4) is 0 Å². The number of hydrogen-bond donors (Lipinski definition) is 1. The number of carbonyl (C=O) groups excluding carboxylic acids is 2. The maximum atomic E-state index is 13.0. The molecule has 0 aromatic heterocycles. The summed E-state index contributed by atoms with van der Waals surface area (Å²) in [4.78, 5) is 26.6. The van der Waals surface area contributed by atoms with Gasteiger partial charge in [0.15, 0.2) is 0 Å². The van der Waals surface area contributed by atoms with Crippen LogP contribution in [-0.4, -0.2) is 23.4 Å². The molecule has 0 unspecified atom stereocenters. The van der Waals surface area contributed by atoms with Crippen LogP contribution in [-0.2, 0) is 16.9 Å². The largest absolute Gasteiger partial charge is 0.435 e. The third-order valence-corrected chi connectivity index (χ3v) is 4.76. The quantitative estimate of drug-likeness (QED) is 0.809. The monoisotopic (exact) mass is 374 g/mol. The van der Waals surface area contributed by atoms with Crippen molar-refractivity contribution in [2.45, 2.75) is 39.5 Å². The van der Waals surface area contributed by atoms with E-state index in [2.05, 4.69) is 10.1 Å². The Morgan fingerprint density at radius 1 is 1.11 bits per heavy atom. The number of imide groups is 1. The van der Waals surface area contributed by atoms with E-state index >= 15 is 0 Å². The summed E-state index contributed by atoms with van der Waals surface area (Å²) in [6.07, 6.45) is 0. The normalized spacial score (nSPS) is 19.6. The standard InChI is InChI=1S/C20H20F2N2O3/c1-12-4-5-13(2)14(10-12)11-24-17(25)20(3,23-19(24)26)15-6-8-16(9-7-15)27-18(21)22/h4-10,18H,11H2,1-3H3,(H,23,26)/t20-/m0/s1. The number of carbonyl (C=O) groups is 2. The molecule has 1 heterocycles. The first-order valence-electron chi connectivity index (χ1n) is 8.46. The molecular formula is C20H20F2N2O3. The van der Waals surface area contributed by atoms with Crippen molar-refractivity contribution < 1.29 is 23.1 Å². The highest BCUT2D eigenvalue weighted by molar-refractivity contribution is 6.07. The summed E-state index contributed by atoms with van der Waals surface area (Å²) < 4.78 is 28.9. The van der Waals surface area contributed by atoms with Gasteiger partial charge in [-0.3, -0.25) is 9.69 Å². The zero-order valence-corrected chi connectivity index (χ0v) is 15.3. The van der Waals surface area contributed by atoms with Gasteiger partial charge in [-0.05, 0) is 49.6 Å². The highest BCUT2D eigenvalue weighted by Crippen LogP contribution is 2.31. The number of hydrogen-bond acceptors (Lipinski definition) is 3. The Labute approximate surface area is 155 Å². The van der Waals surface area contributed by atoms with Crippen molar-refractivity contribution in [2.75, 3.05) is 0 Å². The number of rotatable bonds is 5. The molecule has 1 aliphatic rings. The van der Waals surface area contributed by atoms with E-state index in [4.69, 9.17) is 0 Å². The highest BCUT2D eigenvalue weighted by atomic mass is 19.3. The van der Waals surface area contributed by atoms with Gasteiger partial charge in [-0.25, -0.2) is 4.79 Å². The van der Waals surface area contributed by atoms with Crippen LogP contribution in [0.15, 0.2) is 42.5 Å². The molecule has 27 heavy (non-hydrogen) atoms. The molecule has 1 aliphatic heterocycles. The molecular weight excluding hydrogens is 354 g/mol. The summed E-state index contributed by atoms with van der Waals surface area (Å²) in [5, 5.41) is 2.71. The molecule has 2 aromatic carbocycles. The van der Waals surface area contributed by atoms with Crippen LogP contribution in [0.4, 0.5) is 13.6 Å². The van der Waals surface area contributed by atoms with E-state index < -0.39 is 24.1 Å². The van der Waals surface area contributed by atoms with Gasteiger partial charge in [0.2, 0.25) is 0 Å². The molecule has 0 radical (unpaired) electrons. The molecule has 1 N–H and O–H groups in total. The Morgan fingerprint density at radius 2 is 1.78 bits per heavy atom. The summed E-state index contributed by atoms with van der Waals surface area (Å²) in [7, 11) is 0. The summed E-state index contributed by atoms with van der Waals surface area (Å²) in [6, 6.07) is 11.1. The SMILES string of the molecule is Cc1ccc(C)c(CN2C(=O)N[C@@](C)(c3ccc(OC(F)F)cc3)C2=O)c1. The van der Waals surface area contributed by atoms with Crippen LogP contribution in [0.5, 0.6) is 5.75 Å². The molecule has 1 saturated heterocycles. The first-order valence-corrected chi connectivity index (χ1v) is 8.46. The minimum atomic E-state index is -2.92. The molecule has 0 saturated carbocycles. The lowest BCUT2D eigenvalue weighted by Gasteiger charge is -2.23. The number of urea groups is 1. The van der Waals surface area contributed by atoms with E-state index in [1.807, 2.05) is 32.0 Å². The Balaban J connectivity index is 1.85. The maximum absolute atomic E-state index is 13.0. The van der Waals surface area contributed by atoms with Gasteiger partial charge in [0, 0.05) is 0 Å². The van der Waals surface area contributed by atoms with Crippen LogP contribution in [0.2, 0.25) is 0 Å². The van der Waals surface area contributed by atoms with E-state index in [9.17, 15) is 18.4 Å². The molecule has 2 aromatic rings. The van der Waals surface area contributed by atoms with Crippen molar-refractivity contribution in [1.82, 2.24) is 10.2 Å². The Morgan fingerprint density at radius 3 is 2.41 bits per heavy atom. The van der Waals surface area contributed by atoms with E-state index in [1.165, 1.54) is 29.2 Å². The lowest BCUT2D eigenvalue weighted by Crippen LogP contribution is -2.40. The van der Waals surface area contributed by atoms with Crippen LogP contribution in [0.1, 0.15) is 29.2 Å². The lowest BCUT2D eigenvalue weighted by atomic mass is 9.92. The van der Waals surface area contributed by atoms with Crippen molar-refractivity contribution in [3.63, 3.8) is 0 Å². The zero-order valence-electron chi connectivity index (χ0n) is 15.3. The van der Waals surface area contributed by atoms with Gasteiger partial charge >= 0.3 is 12.6 Å². The second-order valence-corrected chi connectivity index (χ2v) is 6.78. The average molecular weight is 374 g/mol. The zero-order chi connectivity index (χ0) is 19.8. The molecule has 1 atom stereocenters. The molecule has 0 aliphatic carbocycles. The van der Waals surface area contributed by atoms with Gasteiger partial charge in [0.25, 0.3) is 5.91 Å². The van der Waals surface area contributed by atoms with Gasteiger partial charge in [0.05, 0.1) is 6.54 Å². The predicted molar refractivity (Wildman–Crippen MR) is 95.4 cm³/mol. The van der Waals surface area contributed by atoms with Crippen molar-refractivity contribution in [3.05, 3.63) is 64.7 Å². The number of halogens is 2. The minimum Gasteiger partial charge on any atom is -0.435 e. The average Bonchev–Trinajstić information content (AvgIpc) is 2.82. The van der Waals surface area contributed by atoms with Gasteiger partial charge in [0.1, 0.15) is 11.3 Å². The first kappa shape index (κ1) is 18.8. The van der Waals surface area contributed by atoms with E-state index in [-0.39, 0.29) is 12.3 Å². The van der Waals surface area contributed by atoms with E-state index in [1.54, 1.807) is 6.92 Å². The molecule has 0 spiro atoms. The van der Waals surface area contributed by atoms with Crippen molar-refractivity contribution in [3.8, 4) is 5.75 Å². The third-order valence-electron chi connectivity index (χ3n) is 4.76. The predicted octanol–water partition coefficient (Wildman–Crippen LogP) is 3.87. The topological polar surface area (TPSA) is 58.6 Å². The van der Waals surface area contributed by atoms with Gasteiger partial charge in [-0.1, -0.05) is 35.9 Å². The number of nitrogens with one attached hydrogen (secondary N) is 1. The molecule has 3 amide bonds. The Kier molecular flexibility index (Phi) is 4.87. The molecule has 1 fully saturated rings. The van der Waals surface area contributed by atoms with Crippen molar-refractivity contribution in [2.24, 2.45) is 0 Å². The smallest absolute Gasteiger partial charge is 0.387 e. The number of amides is 3. The number of benzene rings is 2. The van der Waals surface area contributed by atoms with Crippen LogP contribution >= 0.6 is 0 Å². The van der Waals surface area contributed by atoms with Gasteiger partial charge < -0.3 is 10.1 Å². The Hall–Kier alpha value is -2.96. The fourth-order valence-electron chi connectivity index (χ4n) is 3.15. The van der Waals surface area contributed by atoms with Crippen LogP contribution in [0, 0.1) is 13.8 Å². The number of alkyl halides is 2. The van der Waals surface area contributed by atoms with Gasteiger partial charge in [-0.2, -0.15) is 8.78 Å². The van der Waals surface area contributed by atoms with Crippen LogP contribution in [0.25, 0.3) is 0 Å². The number of aryl methyl sites for hydroxylation is 2. The molecule has 142 valence electrons. The summed E-state index contributed by atoms with van der Waals surface area (Å²) in [5.41, 5.74) is 2.15. The third kappa shape index (κ3) is 3.63. The van der Waals surface area contributed by atoms with E-state index in [0.717, 1.165) is 16.7 Å². The summed E-state index contributed by atoms with van der Waals surface area (Å²) in [6.45, 7) is 2.71. The van der Waals surface area contributed by atoms with E-state index in [0.29, 0.717) is 5.56 Å². The second-order valence-electron chi connectivity index (χ2n) is 6.78. The fraction of sp³-hybridized carbons (Fsp3) is 0.300. The lowest BCUT2D eigenvalue weighted by molar-refractivity contribution is -0.131. The highest BCUT2D eigenvalue weighted by Gasteiger charge is 2.48. The molecule has 7 heteroatoms. The molecule has 3 rings (SSSR count). The Bertz CT molecular complexity index is 883. The van der Waals surface area contributed by atoms with Crippen LogP contribution < -0.4 is 10.1 Å². The molecule has 0 bridgehead atoms. The molecule has 5 nitrogen and oxygen atoms in total. The van der Waals surface area contributed by atoms with Crippen molar-refractivity contribution in [1.29, 1.82) is 0 Å². The number of nitrogens with zero attached hydrogens (tertiary/aromatic N) is 1. The summed E-state index contributed by atoms with van der Waals surface area (Å²) in [5.74, 6) is -0.405. The van der Waals surface area contributed by atoms with Gasteiger partial charge in [-0.15, -0.1) is 0 Å². The first-order chi connectivity index (χ1) is 12.7. The number of ether oxygens (including phenoxy) is 1.